The predicted molar refractivity (Wildman–Crippen MR) is 94.8 cm³/mol. The fourth-order valence-electron chi connectivity index (χ4n) is 3.10. The Hall–Kier alpha value is -3.43. The van der Waals surface area contributed by atoms with Crippen LogP contribution in [-0.4, -0.2) is 46.5 Å². The van der Waals surface area contributed by atoms with Crippen LogP contribution in [-0.2, 0) is 14.3 Å². The van der Waals surface area contributed by atoms with Gasteiger partial charge in [0.15, 0.2) is 0 Å². The van der Waals surface area contributed by atoms with Crippen LogP contribution < -0.4 is 15.5 Å². The molecule has 5 amide bonds. The van der Waals surface area contributed by atoms with Crippen LogP contribution >= 0.6 is 0 Å². The minimum Gasteiger partial charge on any atom is -0.507 e. The van der Waals surface area contributed by atoms with Crippen LogP contribution in [0, 0.1) is 0 Å². The molecule has 0 bridgehead atoms. The quantitative estimate of drug-likeness (QED) is 0.636. The van der Waals surface area contributed by atoms with Gasteiger partial charge >= 0.3 is 6.09 Å². The average molecular weight is 389 g/mol. The summed E-state index contributed by atoms with van der Waals surface area (Å²) in [6, 6.07) is 1.26. The van der Waals surface area contributed by atoms with Crippen molar-refractivity contribution in [3.63, 3.8) is 0 Å². The first-order chi connectivity index (χ1) is 13.0. The molecule has 1 fully saturated rings. The summed E-state index contributed by atoms with van der Waals surface area (Å²) in [6.07, 6.45) is -0.932. The number of rotatable bonds is 2. The number of phenols is 1. The Morgan fingerprint density at radius 3 is 2.36 bits per heavy atom. The lowest BCUT2D eigenvalue weighted by Gasteiger charge is -2.35. The molecule has 2 aliphatic heterocycles. The molecule has 10 nitrogen and oxygen atoms in total. The van der Waals surface area contributed by atoms with Crippen molar-refractivity contribution < 1.29 is 33.8 Å². The first-order valence-corrected chi connectivity index (χ1v) is 8.57. The molecule has 28 heavy (non-hydrogen) atoms. The van der Waals surface area contributed by atoms with Crippen molar-refractivity contribution in [3.8, 4) is 5.75 Å². The second kappa shape index (κ2) is 6.63. The van der Waals surface area contributed by atoms with E-state index in [0.717, 1.165) is 11.0 Å². The number of hydrogen-bond acceptors (Lipinski definition) is 7. The Bertz CT molecular complexity index is 916. The van der Waals surface area contributed by atoms with Crippen molar-refractivity contribution in [2.45, 2.75) is 45.3 Å². The van der Waals surface area contributed by atoms with Crippen molar-refractivity contribution in [2.24, 2.45) is 0 Å². The van der Waals surface area contributed by atoms with E-state index < -0.39 is 47.1 Å². The molecule has 1 saturated heterocycles. The van der Waals surface area contributed by atoms with Crippen molar-refractivity contribution >= 4 is 35.4 Å². The molecule has 10 heteroatoms. The van der Waals surface area contributed by atoms with Gasteiger partial charge in [-0.3, -0.25) is 34.7 Å². The van der Waals surface area contributed by atoms with Gasteiger partial charge in [0.05, 0.1) is 16.8 Å². The molecule has 2 heterocycles. The van der Waals surface area contributed by atoms with Crippen molar-refractivity contribution in [1.82, 2.24) is 10.6 Å². The monoisotopic (exact) mass is 389 g/mol. The maximum Gasteiger partial charge on any atom is 0.415 e. The number of carbonyl (C=O) groups is 5. The zero-order valence-electron chi connectivity index (χ0n) is 15.5. The number of amides is 5. The third kappa shape index (κ3) is 3.40. The normalized spacial score (nSPS) is 19.0. The van der Waals surface area contributed by atoms with E-state index in [1.807, 2.05) is 0 Å². The van der Waals surface area contributed by atoms with Gasteiger partial charge in [0.25, 0.3) is 11.8 Å². The molecule has 1 aromatic rings. The molecular formula is C18H19N3O7. The van der Waals surface area contributed by atoms with E-state index in [-0.39, 0.29) is 29.7 Å². The third-order valence-electron chi connectivity index (χ3n) is 4.21. The highest BCUT2D eigenvalue weighted by Gasteiger charge is 2.42. The second-order valence-corrected chi connectivity index (χ2v) is 7.45. The zero-order valence-corrected chi connectivity index (χ0v) is 15.5. The molecule has 0 aliphatic carbocycles. The lowest BCUT2D eigenvalue weighted by molar-refractivity contribution is -0.134. The molecule has 0 spiro atoms. The SMILES string of the molecule is CC(C)(C)OC(=O)N(c1ccc(O)c2c1C(=O)NC2=O)C1CCC(=O)NC1=O. The van der Waals surface area contributed by atoms with E-state index in [0.29, 0.717) is 0 Å². The van der Waals surface area contributed by atoms with Crippen LogP contribution in [0.2, 0.25) is 0 Å². The van der Waals surface area contributed by atoms with Gasteiger partial charge in [-0.25, -0.2) is 4.79 Å². The molecule has 148 valence electrons. The third-order valence-corrected chi connectivity index (χ3v) is 4.21. The maximum atomic E-state index is 12.9. The number of anilines is 1. The van der Waals surface area contributed by atoms with Gasteiger partial charge in [-0.2, -0.15) is 0 Å². The van der Waals surface area contributed by atoms with Gasteiger partial charge in [0.1, 0.15) is 17.4 Å². The van der Waals surface area contributed by atoms with Crippen LogP contribution in [0.25, 0.3) is 0 Å². The molecular weight excluding hydrogens is 370 g/mol. The van der Waals surface area contributed by atoms with Gasteiger partial charge in [-0.05, 0) is 39.3 Å². The van der Waals surface area contributed by atoms with Gasteiger partial charge in [-0.1, -0.05) is 0 Å². The van der Waals surface area contributed by atoms with Crippen LogP contribution in [0.3, 0.4) is 0 Å². The number of fused-ring (bicyclic) bond motifs is 1. The average Bonchev–Trinajstić information content (AvgIpc) is 2.85. The number of benzene rings is 1. The van der Waals surface area contributed by atoms with Crippen LogP contribution in [0.1, 0.15) is 54.3 Å². The minimum absolute atomic E-state index is 0.00905. The predicted octanol–water partition coefficient (Wildman–Crippen LogP) is 0.823. The molecule has 2 aliphatic rings. The summed E-state index contributed by atoms with van der Waals surface area (Å²) in [4.78, 5) is 62.1. The zero-order chi connectivity index (χ0) is 20.8. The fraction of sp³-hybridized carbons (Fsp3) is 0.389. The number of hydrogen-bond donors (Lipinski definition) is 3. The van der Waals surface area contributed by atoms with Crippen molar-refractivity contribution in [2.75, 3.05) is 4.90 Å². The molecule has 1 unspecified atom stereocenters. The number of imide groups is 2. The Labute approximate surface area is 159 Å². The van der Waals surface area contributed by atoms with Crippen molar-refractivity contribution in [1.29, 1.82) is 0 Å². The molecule has 0 radical (unpaired) electrons. The summed E-state index contributed by atoms with van der Waals surface area (Å²) in [5.74, 6) is -3.27. The summed E-state index contributed by atoms with van der Waals surface area (Å²) in [6.45, 7) is 4.89. The Morgan fingerprint density at radius 2 is 1.75 bits per heavy atom. The van der Waals surface area contributed by atoms with Gasteiger partial charge in [0, 0.05) is 6.42 Å². The summed E-state index contributed by atoms with van der Waals surface area (Å²) < 4.78 is 5.38. The lowest BCUT2D eigenvalue weighted by Crippen LogP contribution is -2.55. The lowest BCUT2D eigenvalue weighted by atomic mass is 10.00. The van der Waals surface area contributed by atoms with E-state index in [1.165, 1.54) is 6.07 Å². The standard InChI is InChI=1S/C18H19N3O7/c1-18(2,3)28-17(27)21(9-5-7-11(23)19-14(9)24)8-4-6-10(22)13-12(8)15(25)20-16(13)26/h4,6,9,22H,5,7H2,1-3H3,(H,19,23,24)(H,20,25,26). The van der Waals surface area contributed by atoms with Crippen LogP contribution in [0.4, 0.5) is 10.5 Å². The van der Waals surface area contributed by atoms with Crippen LogP contribution in [0.5, 0.6) is 5.75 Å². The molecule has 0 saturated carbocycles. The van der Waals surface area contributed by atoms with Gasteiger partial charge in [0.2, 0.25) is 11.8 Å². The number of phenolic OH excluding ortho intramolecular Hbond substituents is 1. The minimum atomic E-state index is -1.13. The van der Waals surface area contributed by atoms with E-state index in [4.69, 9.17) is 4.74 Å². The topological polar surface area (TPSA) is 142 Å². The highest BCUT2D eigenvalue weighted by atomic mass is 16.6. The molecule has 0 aromatic heterocycles. The fourth-order valence-corrected chi connectivity index (χ4v) is 3.10. The number of ether oxygens (including phenoxy) is 1. The van der Waals surface area contributed by atoms with Crippen molar-refractivity contribution in [3.05, 3.63) is 23.3 Å². The molecule has 1 atom stereocenters. The smallest absolute Gasteiger partial charge is 0.415 e. The van der Waals surface area contributed by atoms with Gasteiger partial charge < -0.3 is 9.84 Å². The largest absolute Gasteiger partial charge is 0.507 e. The van der Waals surface area contributed by atoms with E-state index in [1.54, 1.807) is 20.8 Å². The van der Waals surface area contributed by atoms with Gasteiger partial charge in [-0.15, -0.1) is 0 Å². The molecule has 1 aromatic carbocycles. The molecule has 3 N–H and O–H groups in total. The Balaban J connectivity index is 2.14. The Morgan fingerprint density at radius 1 is 1.11 bits per heavy atom. The number of carbonyl (C=O) groups excluding carboxylic acids is 5. The Kier molecular flexibility index (Phi) is 4.58. The first-order valence-electron chi connectivity index (χ1n) is 8.57. The number of piperidine rings is 1. The highest BCUT2D eigenvalue weighted by Crippen LogP contribution is 2.36. The second-order valence-electron chi connectivity index (χ2n) is 7.45. The van der Waals surface area contributed by atoms with E-state index in [9.17, 15) is 29.1 Å². The van der Waals surface area contributed by atoms with Crippen LogP contribution in [0.15, 0.2) is 12.1 Å². The highest BCUT2D eigenvalue weighted by molar-refractivity contribution is 6.26. The first kappa shape index (κ1) is 19.3. The summed E-state index contributed by atoms with van der Waals surface area (Å²) >= 11 is 0. The van der Waals surface area contributed by atoms with E-state index >= 15 is 0 Å². The summed E-state index contributed by atoms with van der Waals surface area (Å²) in [5.41, 5.74) is -1.50. The molecule has 3 rings (SSSR count). The number of nitrogens with one attached hydrogen (secondary N) is 2. The number of nitrogens with zero attached hydrogens (tertiary/aromatic N) is 1. The maximum absolute atomic E-state index is 12.9. The summed E-state index contributed by atoms with van der Waals surface area (Å²) in [7, 11) is 0. The number of aromatic hydroxyl groups is 1. The van der Waals surface area contributed by atoms with E-state index in [2.05, 4.69) is 10.6 Å². The summed E-state index contributed by atoms with van der Waals surface area (Å²) in [5, 5.41) is 14.2.